The smallest absolute Gasteiger partial charge is 0.293 e. The molecule has 4 rings (SSSR count). The van der Waals surface area contributed by atoms with Gasteiger partial charge in [0.05, 0.1) is 23.7 Å². The Morgan fingerprint density at radius 1 is 1.06 bits per heavy atom. The number of hydrogen-bond donors (Lipinski definition) is 0. The zero-order chi connectivity index (χ0) is 23.7. The number of amides is 3. The van der Waals surface area contributed by atoms with Crippen LogP contribution in [-0.4, -0.2) is 52.2 Å². The molecule has 0 saturated carbocycles. The molecule has 2 atom stereocenters. The summed E-state index contributed by atoms with van der Waals surface area (Å²) in [6.45, 7) is 4.39. The Labute approximate surface area is 194 Å². The van der Waals surface area contributed by atoms with Crippen molar-refractivity contribution in [2.24, 2.45) is 0 Å². The number of nitrogens with zero attached hydrogens (tertiary/aromatic N) is 2. The third-order valence-electron chi connectivity index (χ3n) is 5.41. The van der Waals surface area contributed by atoms with E-state index in [0.29, 0.717) is 36.0 Å². The van der Waals surface area contributed by atoms with Gasteiger partial charge in [0.15, 0.2) is 0 Å². The van der Waals surface area contributed by atoms with E-state index in [4.69, 9.17) is 4.74 Å². The van der Waals surface area contributed by atoms with E-state index in [0.717, 1.165) is 17.0 Å². The summed E-state index contributed by atoms with van der Waals surface area (Å²) in [5.41, 5.74) is 0.796. The molecule has 2 aliphatic rings. The monoisotopic (exact) mass is 472 g/mol. The molecule has 2 heterocycles. The minimum absolute atomic E-state index is 0.0366. The SMILES string of the molecule is CC1CN(C(=O)c2ccc(/C=C3\SC(=O)N(Cc4c(F)cccc4F)C3=O)cc2)CC(C)O1. The highest BCUT2D eigenvalue weighted by Gasteiger charge is 2.36. The predicted octanol–water partition coefficient (Wildman–Crippen LogP) is 4.45. The second-order valence-electron chi connectivity index (χ2n) is 8.06. The molecule has 9 heteroatoms. The lowest BCUT2D eigenvalue weighted by molar-refractivity contribution is -0.123. The first kappa shape index (κ1) is 23.1. The van der Waals surface area contributed by atoms with Crippen LogP contribution in [0, 0.1) is 11.6 Å². The molecular weight excluding hydrogens is 450 g/mol. The lowest BCUT2D eigenvalue weighted by atomic mass is 10.1. The standard InChI is InChI=1S/C24H22F2N2O4S/c1-14-11-27(12-15(2)32-14)22(29)17-8-6-16(7-9-17)10-21-23(30)28(24(31)33-21)13-18-19(25)4-3-5-20(18)26/h3-10,14-15H,11-13H2,1-2H3/b21-10-. The highest BCUT2D eigenvalue weighted by molar-refractivity contribution is 8.18. The summed E-state index contributed by atoms with van der Waals surface area (Å²) in [6.07, 6.45) is 1.45. The molecule has 6 nitrogen and oxygen atoms in total. The van der Waals surface area contributed by atoms with Crippen molar-refractivity contribution in [3.8, 4) is 0 Å². The van der Waals surface area contributed by atoms with Crippen LogP contribution < -0.4 is 0 Å². The van der Waals surface area contributed by atoms with Crippen LogP contribution in [0.3, 0.4) is 0 Å². The number of carbonyl (C=O) groups excluding carboxylic acids is 3. The summed E-state index contributed by atoms with van der Waals surface area (Å²) in [4.78, 5) is 40.5. The molecule has 3 amide bonds. The molecule has 0 bridgehead atoms. The van der Waals surface area contributed by atoms with Crippen molar-refractivity contribution < 1.29 is 27.9 Å². The fraction of sp³-hybridized carbons (Fsp3) is 0.292. The van der Waals surface area contributed by atoms with Crippen LogP contribution in [-0.2, 0) is 16.1 Å². The predicted molar refractivity (Wildman–Crippen MR) is 120 cm³/mol. The largest absolute Gasteiger partial charge is 0.372 e. The van der Waals surface area contributed by atoms with Crippen LogP contribution in [0.5, 0.6) is 0 Å². The van der Waals surface area contributed by atoms with Gasteiger partial charge in [-0.2, -0.15) is 0 Å². The van der Waals surface area contributed by atoms with Crippen LogP contribution in [0.1, 0.15) is 35.3 Å². The van der Waals surface area contributed by atoms with E-state index < -0.39 is 29.3 Å². The third-order valence-corrected chi connectivity index (χ3v) is 6.32. The Hall–Kier alpha value is -3.04. The number of morpholine rings is 1. The molecule has 0 aliphatic carbocycles. The molecule has 2 unspecified atom stereocenters. The van der Waals surface area contributed by atoms with E-state index >= 15 is 0 Å². The normalized spacial score (nSPS) is 22.4. The number of benzene rings is 2. The van der Waals surface area contributed by atoms with Crippen LogP contribution in [0.15, 0.2) is 47.4 Å². The Bertz CT molecular complexity index is 1110. The van der Waals surface area contributed by atoms with Gasteiger partial charge in [0.25, 0.3) is 17.1 Å². The molecule has 33 heavy (non-hydrogen) atoms. The maximum Gasteiger partial charge on any atom is 0.293 e. The number of imide groups is 1. The molecule has 0 aromatic heterocycles. The van der Waals surface area contributed by atoms with Gasteiger partial charge in [-0.25, -0.2) is 8.78 Å². The Kier molecular flexibility index (Phi) is 6.62. The van der Waals surface area contributed by atoms with E-state index in [2.05, 4.69) is 0 Å². The van der Waals surface area contributed by atoms with Gasteiger partial charge in [0.1, 0.15) is 11.6 Å². The van der Waals surface area contributed by atoms with Crippen LogP contribution in [0.25, 0.3) is 6.08 Å². The summed E-state index contributed by atoms with van der Waals surface area (Å²) in [7, 11) is 0. The van der Waals surface area contributed by atoms with Crippen molar-refractivity contribution in [2.75, 3.05) is 13.1 Å². The van der Waals surface area contributed by atoms with E-state index in [1.165, 1.54) is 12.1 Å². The first-order chi connectivity index (χ1) is 15.7. The molecule has 0 N–H and O–H groups in total. The average Bonchev–Trinajstić information content (AvgIpc) is 3.02. The van der Waals surface area contributed by atoms with Crippen molar-refractivity contribution in [1.82, 2.24) is 9.80 Å². The van der Waals surface area contributed by atoms with Gasteiger partial charge in [-0.15, -0.1) is 0 Å². The second kappa shape index (κ2) is 9.44. The first-order valence-electron chi connectivity index (χ1n) is 10.5. The molecule has 2 fully saturated rings. The maximum atomic E-state index is 13.9. The average molecular weight is 473 g/mol. The second-order valence-corrected chi connectivity index (χ2v) is 9.05. The minimum atomic E-state index is -0.817. The Morgan fingerprint density at radius 2 is 1.67 bits per heavy atom. The highest BCUT2D eigenvalue weighted by Crippen LogP contribution is 2.34. The fourth-order valence-corrected chi connectivity index (χ4v) is 4.72. The number of halogens is 2. The minimum Gasteiger partial charge on any atom is -0.372 e. The van der Waals surface area contributed by atoms with Gasteiger partial charge in [0.2, 0.25) is 0 Å². The summed E-state index contributed by atoms with van der Waals surface area (Å²) in [5, 5.41) is -0.601. The van der Waals surface area contributed by atoms with E-state index in [1.807, 2.05) is 13.8 Å². The number of thioether (sulfide) groups is 1. The van der Waals surface area contributed by atoms with E-state index in [1.54, 1.807) is 29.2 Å². The number of carbonyl (C=O) groups is 3. The Balaban J connectivity index is 1.47. The molecule has 2 aromatic carbocycles. The van der Waals surface area contributed by atoms with E-state index in [-0.39, 0.29) is 28.6 Å². The topological polar surface area (TPSA) is 66.9 Å². The summed E-state index contributed by atoms with van der Waals surface area (Å²) in [5.74, 6) is -2.36. The van der Waals surface area contributed by atoms with Gasteiger partial charge in [0, 0.05) is 24.2 Å². The molecular formula is C24H22F2N2O4S. The van der Waals surface area contributed by atoms with Crippen molar-refractivity contribution in [1.29, 1.82) is 0 Å². The quantitative estimate of drug-likeness (QED) is 0.615. The lowest BCUT2D eigenvalue weighted by Gasteiger charge is -2.35. The van der Waals surface area contributed by atoms with Crippen LogP contribution in [0.4, 0.5) is 13.6 Å². The summed E-state index contributed by atoms with van der Waals surface area (Å²) >= 11 is 0.706. The van der Waals surface area contributed by atoms with Crippen molar-refractivity contribution in [3.05, 3.63) is 75.7 Å². The highest BCUT2D eigenvalue weighted by atomic mass is 32.2. The Morgan fingerprint density at radius 3 is 2.27 bits per heavy atom. The zero-order valence-corrected chi connectivity index (χ0v) is 18.9. The zero-order valence-electron chi connectivity index (χ0n) is 18.1. The summed E-state index contributed by atoms with van der Waals surface area (Å²) < 4.78 is 33.5. The first-order valence-corrected chi connectivity index (χ1v) is 11.3. The summed E-state index contributed by atoms with van der Waals surface area (Å²) in [6, 6.07) is 10.1. The number of hydrogen-bond acceptors (Lipinski definition) is 5. The van der Waals surface area contributed by atoms with Crippen molar-refractivity contribution >= 4 is 34.9 Å². The van der Waals surface area contributed by atoms with Gasteiger partial charge in [-0.3, -0.25) is 19.3 Å². The van der Waals surface area contributed by atoms with Crippen molar-refractivity contribution in [3.63, 3.8) is 0 Å². The maximum absolute atomic E-state index is 13.9. The van der Waals surface area contributed by atoms with Gasteiger partial charge >= 0.3 is 0 Å². The van der Waals surface area contributed by atoms with Gasteiger partial charge < -0.3 is 9.64 Å². The van der Waals surface area contributed by atoms with Gasteiger partial charge in [-0.1, -0.05) is 18.2 Å². The molecule has 0 radical (unpaired) electrons. The fourth-order valence-electron chi connectivity index (χ4n) is 3.88. The molecule has 2 saturated heterocycles. The lowest BCUT2D eigenvalue weighted by Crippen LogP contribution is -2.48. The molecule has 2 aromatic rings. The third kappa shape index (κ3) is 4.99. The van der Waals surface area contributed by atoms with Crippen LogP contribution in [0.2, 0.25) is 0 Å². The number of rotatable bonds is 4. The van der Waals surface area contributed by atoms with Gasteiger partial charge in [-0.05, 0) is 61.5 Å². The molecule has 0 spiro atoms. The molecule has 2 aliphatic heterocycles. The van der Waals surface area contributed by atoms with E-state index in [9.17, 15) is 23.2 Å². The number of ether oxygens (including phenoxy) is 1. The molecule has 172 valence electrons. The van der Waals surface area contributed by atoms with Crippen molar-refractivity contribution in [2.45, 2.75) is 32.6 Å². The van der Waals surface area contributed by atoms with Crippen LogP contribution >= 0.6 is 11.8 Å².